The van der Waals surface area contributed by atoms with Crippen molar-refractivity contribution in [3.05, 3.63) is 15.9 Å². The molecule has 0 aromatic carbocycles. The van der Waals surface area contributed by atoms with Crippen molar-refractivity contribution < 1.29 is 5.11 Å². The molecule has 0 unspecified atom stereocenters. The van der Waals surface area contributed by atoms with Gasteiger partial charge in [-0.2, -0.15) is 5.10 Å². The maximum Gasteiger partial charge on any atom is 0.102 e. The molecule has 0 saturated heterocycles. The lowest BCUT2D eigenvalue weighted by Crippen LogP contribution is -2.07. The van der Waals surface area contributed by atoms with Gasteiger partial charge in [-0.05, 0) is 36.2 Å². The van der Waals surface area contributed by atoms with Crippen LogP contribution in [0.25, 0.3) is 0 Å². The van der Waals surface area contributed by atoms with Crippen LogP contribution in [0.15, 0.2) is 4.47 Å². The molecule has 0 amide bonds. The van der Waals surface area contributed by atoms with Gasteiger partial charge in [0.25, 0.3) is 0 Å². The van der Waals surface area contributed by atoms with Gasteiger partial charge in [-0.3, -0.25) is 4.68 Å². The lowest BCUT2D eigenvalue weighted by atomic mass is 10.3. The van der Waals surface area contributed by atoms with E-state index in [9.17, 15) is 0 Å². The Kier molecular flexibility index (Phi) is 3.50. The van der Waals surface area contributed by atoms with Crippen molar-refractivity contribution in [2.45, 2.75) is 39.8 Å². The van der Waals surface area contributed by atoms with Crippen molar-refractivity contribution >= 4 is 15.9 Å². The number of hydrogen-bond acceptors (Lipinski definition) is 2. The zero-order valence-electron chi connectivity index (χ0n) is 8.21. The molecule has 3 nitrogen and oxygen atoms in total. The molecule has 0 atom stereocenters. The fraction of sp³-hybridized carbons (Fsp3) is 0.667. The second-order valence-electron chi connectivity index (χ2n) is 3.26. The summed E-state index contributed by atoms with van der Waals surface area (Å²) in [4.78, 5) is 0. The average Bonchev–Trinajstić information content (AvgIpc) is 2.42. The van der Waals surface area contributed by atoms with Gasteiger partial charge in [0.1, 0.15) is 5.69 Å². The minimum Gasteiger partial charge on any atom is -0.390 e. The van der Waals surface area contributed by atoms with E-state index in [1.807, 2.05) is 4.68 Å². The van der Waals surface area contributed by atoms with Crippen LogP contribution in [-0.2, 0) is 13.0 Å². The molecule has 1 rings (SSSR count). The maximum atomic E-state index is 9.03. The number of hydrogen-bond donors (Lipinski definition) is 1. The highest BCUT2D eigenvalue weighted by molar-refractivity contribution is 9.10. The fourth-order valence-electron chi connectivity index (χ4n) is 1.35. The summed E-state index contributed by atoms with van der Waals surface area (Å²) in [5.41, 5.74) is 1.88. The van der Waals surface area contributed by atoms with E-state index in [4.69, 9.17) is 5.11 Å². The van der Waals surface area contributed by atoms with Crippen molar-refractivity contribution in [1.29, 1.82) is 0 Å². The Hall–Kier alpha value is -0.350. The fourth-order valence-corrected chi connectivity index (χ4v) is 2.01. The van der Waals surface area contributed by atoms with Gasteiger partial charge in [0, 0.05) is 6.04 Å². The van der Waals surface area contributed by atoms with Crippen LogP contribution in [0.2, 0.25) is 0 Å². The van der Waals surface area contributed by atoms with E-state index in [2.05, 4.69) is 41.8 Å². The van der Waals surface area contributed by atoms with Crippen LogP contribution in [0.5, 0.6) is 0 Å². The van der Waals surface area contributed by atoms with E-state index in [1.54, 1.807) is 0 Å². The summed E-state index contributed by atoms with van der Waals surface area (Å²) in [6.45, 7) is 6.24. The Morgan fingerprint density at radius 1 is 1.54 bits per heavy atom. The SMILES string of the molecule is CCc1c(Br)c(CO)nn1C(C)C. The Balaban J connectivity index is 3.19. The summed E-state index contributed by atoms with van der Waals surface area (Å²) >= 11 is 3.45. The average molecular weight is 247 g/mol. The molecule has 4 heteroatoms. The van der Waals surface area contributed by atoms with Crippen LogP contribution in [0.1, 0.15) is 38.2 Å². The predicted molar refractivity (Wildman–Crippen MR) is 55.6 cm³/mol. The van der Waals surface area contributed by atoms with Crippen molar-refractivity contribution in [3.8, 4) is 0 Å². The molecule has 0 saturated carbocycles. The second kappa shape index (κ2) is 4.24. The number of aliphatic hydroxyl groups excluding tert-OH is 1. The van der Waals surface area contributed by atoms with E-state index in [0.717, 1.165) is 22.3 Å². The van der Waals surface area contributed by atoms with E-state index >= 15 is 0 Å². The van der Waals surface area contributed by atoms with Crippen LogP contribution < -0.4 is 0 Å². The van der Waals surface area contributed by atoms with Gasteiger partial charge in [0.15, 0.2) is 0 Å². The monoisotopic (exact) mass is 246 g/mol. The highest BCUT2D eigenvalue weighted by Gasteiger charge is 2.14. The maximum absolute atomic E-state index is 9.03. The standard InChI is InChI=1S/C9H15BrN2O/c1-4-8-9(10)7(5-13)11-12(8)6(2)3/h6,13H,4-5H2,1-3H3. The molecule has 0 bridgehead atoms. The largest absolute Gasteiger partial charge is 0.390 e. The summed E-state index contributed by atoms with van der Waals surface area (Å²) in [6, 6.07) is 0.339. The first-order valence-corrected chi connectivity index (χ1v) is 5.27. The normalized spacial score (nSPS) is 11.2. The molecule has 1 heterocycles. The van der Waals surface area contributed by atoms with Gasteiger partial charge in [0.2, 0.25) is 0 Å². The molecule has 74 valence electrons. The number of aliphatic hydroxyl groups is 1. The van der Waals surface area contributed by atoms with E-state index < -0.39 is 0 Å². The van der Waals surface area contributed by atoms with Crippen LogP contribution >= 0.6 is 15.9 Å². The first-order chi connectivity index (χ1) is 6.11. The molecular formula is C9H15BrN2O. The summed E-state index contributed by atoms with van der Waals surface area (Å²) in [6.07, 6.45) is 0.922. The summed E-state index contributed by atoms with van der Waals surface area (Å²) in [5.74, 6) is 0. The Morgan fingerprint density at radius 2 is 2.15 bits per heavy atom. The first-order valence-electron chi connectivity index (χ1n) is 4.48. The number of nitrogens with zero attached hydrogens (tertiary/aromatic N) is 2. The zero-order chi connectivity index (χ0) is 10.0. The molecule has 0 aliphatic carbocycles. The van der Waals surface area contributed by atoms with Crippen LogP contribution in [0.3, 0.4) is 0 Å². The van der Waals surface area contributed by atoms with Crippen LogP contribution in [0, 0.1) is 0 Å². The molecular weight excluding hydrogens is 232 g/mol. The molecule has 1 aromatic rings. The highest BCUT2D eigenvalue weighted by atomic mass is 79.9. The van der Waals surface area contributed by atoms with Crippen LogP contribution in [-0.4, -0.2) is 14.9 Å². The topological polar surface area (TPSA) is 38.1 Å². The van der Waals surface area contributed by atoms with Crippen molar-refractivity contribution in [2.24, 2.45) is 0 Å². The van der Waals surface area contributed by atoms with Crippen molar-refractivity contribution in [1.82, 2.24) is 9.78 Å². The van der Waals surface area contributed by atoms with Crippen molar-refractivity contribution in [2.75, 3.05) is 0 Å². The summed E-state index contributed by atoms with van der Waals surface area (Å²) < 4.78 is 2.90. The smallest absolute Gasteiger partial charge is 0.102 e. The summed E-state index contributed by atoms with van der Waals surface area (Å²) in [7, 11) is 0. The molecule has 1 N–H and O–H groups in total. The molecule has 0 fully saturated rings. The Morgan fingerprint density at radius 3 is 2.46 bits per heavy atom. The minimum atomic E-state index is -0.00664. The molecule has 0 spiro atoms. The molecule has 0 aliphatic rings. The first kappa shape index (κ1) is 10.7. The van der Waals surface area contributed by atoms with Gasteiger partial charge in [-0.25, -0.2) is 0 Å². The minimum absolute atomic E-state index is 0.00664. The third-order valence-electron chi connectivity index (χ3n) is 1.99. The van der Waals surface area contributed by atoms with Gasteiger partial charge in [-0.1, -0.05) is 6.92 Å². The number of aromatic nitrogens is 2. The van der Waals surface area contributed by atoms with Gasteiger partial charge in [-0.15, -0.1) is 0 Å². The van der Waals surface area contributed by atoms with E-state index in [1.165, 1.54) is 0 Å². The second-order valence-corrected chi connectivity index (χ2v) is 4.05. The molecule has 1 aromatic heterocycles. The van der Waals surface area contributed by atoms with E-state index in [-0.39, 0.29) is 6.61 Å². The lowest BCUT2D eigenvalue weighted by Gasteiger charge is -2.09. The van der Waals surface area contributed by atoms with Gasteiger partial charge < -0.3 is 5.11 Å². The summed E-state index contributed by atoms with van der Waals surface area (Å²) in [5, 5.41) is 13.3. The van der Waals surface area contributed by atoms with Gasteiger partial charge >= 0.3 is 0 Å². The van der Waals surface area contributed by atoms with E-state index in [0.29, 0.717) is 6.04 Å². The molecule has 13 heavy (non-hydrogen) atoms. The quantitative estimate of drug-likeness (QED) is 0.889. The van der Waals surface area contributed by atoms with Crippen molar-refractivity contribution in [3.63, 3.8) is 0 Å². The molecule has 0 aliphatic heterocycles. The predicted octanol–water partition coefficient (Wildman–Crippen LogP) is 2.28. The zero-order valence-corrected chi connectivity index (χ0v) is 9.80. The Labute approximate surface area is 86.9 Å². The number of halogens is 1. The van der Waals surface area contributed by atoms with Gasteiger partial charge in [0.05, 0.1) is 16.8 Å². The molecule has 0 radical (unpaired) electrons. The highest BCUT2D eigenvalue weighted by Crippen LogP contribution is 2.24. The third-order valence-corrected chi connectivity index (χ3v) is 2.90. The third kappa shape index (κ3) is 1.94. The lowest BCUT2D eigenvalue weighted by molar-refractivity contribution is 0.274. The Bertz CT molecular complexity index is 294. The number of rotatable bonds is 3. The van der Waals surface area contributed by atoms with Crippen LogP contribution in [0.4, 0.5) is 0 Å².